The van der Waals surface area contributed by atoms with Gasteiger partial charge < -0.3 is 5.32 Å². The van der Waals surface area contributed by atoms with Gasteiger partial charge in [0.25, 0.3) is 0 Å². The van der Waals surface area contributed by atoms with E-state index < -0.39 is 46.2 Å². The molecule has 0 aliphatic heterocycles. The molecule has 102 valence electrons. The molecule has 0 aliphatic rings. The third-order valence-electron chi connectivity index (χ3n) is 2.87. The molecule has 0 radical (unpaired) electrons. The zero-order valence-corrected chi connectivity index (χ0v) is 10.5. The molecule has 0 fully saturated rings. The zero-order valence-electron chi connectivity index (χ0n) is 10.5. The van der Waals surface area contributed by atoms with Gasteiger partial charge in [-0.15, -0.1) is 0 Å². The summed E-state index contributed by atoms with van der Waals surface area (Å²) >= 11 is 0. The topological polar surface area (TPSA) is 12.0 Å². The smallest absolute Gasteiger partial charge is 0.200 e. The van der Waals surface area contributed by atoms with Crippen molar-refractivity contribution in [1.29, 1.82) is 0 Å². The molecule has 1 aromatic carbocycles. The van der Waals surface area contributed by atoms with Gasteiger partial charge in [0.15, 0.2) is 23.3 Å². The van der Waals surface area contributed by atoms with E-state index in [1.165, 1.54) is 0 Å². The average molecular weight is 267 g/mol. The van der Waals surface area contributed by atoms with Gasteiger partial charge in [-0.2, -0.15) is 0 Å². The second-order valence-corrected chi connectivity index (χ2v) is 5.18. The third-order valence-corrected chi connectivity index (χ3v) is 2.87. The maximum Gasteiger partial charge on any atom is 0.200 e. The number of hydrogen-bond acceptors (Lipinski definition) is 1. The highest BCUT2D eigenvalue weighted by atomic mass is 19.2. The maximum atomic E-state index is 13.4. The normalized spacial score (nSPS) is 13.6. The first-order valence-electron chi connectivity index (χ1n) is 5.35. The summed E-state index contributed by atoms with van der Waals surface area (Å²) in [6, 6.07) is -0.481. The highest BCUT2D eigenvalue weighted by molar-refractivity contribution is 5.48. The second-order valence-electron chi connectivity index (χ2n) is 5.18. The monoisotopic (exact) mass is 267 g/mol. The minimum atomic E-state index is -2.15. The third kappa shape index (κ3) is 2.57. The standard InChI is InChI=1S/C12H14F5N/c1-5(12(2,3)4)18-11-9(16)7(14)6(13)8(15)10(11)17/h5,18H,1-4H3. The van der Waals surface area contributed by atoms with Crippen molar-refractivity contribution in [3.05, 3.63) is 29.1 Å². The Bertz CT molecular complexity index is 436. The summed E-state index contributed by atoms with van der Waals surface area (Å²) in [4.78, 5) is 0. The summed E-state index contributed by atoms with van der Waals surface area (Å²) in [6.07, 6.45) is 0. The van der Waals surface area contributed by atoms with Crippen LogP contribution in [0, 0.1) is 34.5 Å². The SMILES string of the molecule is CC(Nc1c(F)c(F)c(F)c(F)c1F)C(C)(C)C. The molecule has 0 aliphatic carbocycles. The Kier molecular flexibility index (Phi) is 3.88. The molecule has 18 heavy (non-hydrogen) atoms. The molecule has 0 saturated carbocycles. The van der Waals surface area contributed by atoms with Crippen molar-refractivity contribution >= 4 is 5.69 Å². The van der Waals surface area contributed by atoms with Gasteiger partial charge in [-0.25, -0.2) is 22.0 Å². The minimum absolute atomic E-state index is 0.403. The van der Waals surface area contributed by atoms with E-state index >= 15 is 0 Å². The van der Waals surface area contributed by atoms with Gasteiger partial charge >= 0.3 is 0 Å². The van der Waals surface area contributed by atoms with Crippen molar-refractivity contribution in [2.24, 2.45) is 5.41 Å². The lowest BCUT2D eigenvalue weighted by Crippen LogP contribution is -2.32. The van der Waals surface area contributed by atoms with Gasteiger partial charge in [0.1, 0.15) is 5.69 Å². The molecular formula is C12H14F5N. The van der Waals surface area contributed by atoms with E-state index in [2.05, 4.69) is 5.32 Å². The number of halogens is 5. The first-order valence-corrected chi connectivity index (χ1v) is 5.35. The predicted molar refractivity (Wildman–Crippen MR) is 58.8 cm³/mol. The molecule has 0 amide bonds. The molecule has 6 heteroatoms. The fraction of sp³-hybridized carbons (Fsp3) is 0.500. The molecule has 1 unspecified atom stereocenters. The van der Waals surface area contributed by atoms with Gasteiger partial charge in [-0.05, 0) is 12.3 Å². The Morgan fingerprint density at radius 1 is 0.778 bits per heavy atom. The molecule has 0 aromatic heterocycles. The Hall–Kier alpha value is -1.33. The van der Waals surface area contributed by atoms with Crippen LogP contribution in [0.5, 0.6) is 0 Å². The molecule has 0 bridgehead atoms. The van der Waals surface area contributed by atoms with Gasteiger partial charge in [0.05, 0.1) is 0 Å². The zero-order chi connectivity index (χ0) is 14.2. The molecule has 0 saturated heterocycles. The second kappa shape index (κ2) is 4.74. The molecule has 1 rings (SSSR count). The molecule has 1 nitrogen and oxygen atoms in total. The van der Waals surface area contributed by atoms with E-state index in [0.29, 0.717) is 0 Å². The maximum absolute atomic E-state index is 13.4. The summed E-state index contributed by atoms with van der Waals surface area (Å²) in [7, 11) is 0. The first kappa shape index (κ1) is 14.7. The van der Waals surface area contributed by atoms with E-state index in [4.69, 9.17) is 0 Å². The van der Waals surface area contributed by atoms with Crippen molar-refractivity contribution in [1.82, 2.24) is 0 Å². The van der Waals surface area contributed by atoms with E-state index in [0.717, 1.165) is 0 Å². The molecular weight excluding hydrogens is 253 g/mol. The van der Waals surface area contributed by atoms with Crippen molar-refractivity contribution in [3.8, 4) is 0 Å². The molecule has 1 atom stereocenters. The summed E-state index contributed by atoms with van der Waals surface area (Å²) < 4.78 is 65.4. The van der Waals surface area contributed by atoms with E-state index in [1.807, 2.05) is 0 Å². The predicted octanol–water partition coefficient (Wildman–Crippen LogP) is 4.23. The number of hydrogen-bond donors (Lipinski definition) is 1. The molecule has 0 heterocycles. The van der Waals surface area contributed by atoms with Crippen molar-refractivity contribution in [2.45, 2.75) is 33.7 Å². The Morgan fingerprint density at radius 2 is 1.11 bits per heavy atom. The van der Waals surface area contributed by atoms with E-state index in [9.17, 15) is 22.0 Å². The van der Waals surface area contributed by atoms with E-state index in [-0.39, 0.29) is 0 Å². The lowest BCUT2D eigenvalue weighted by molar-refractivity contribution is 0.350. The van der Waals surface area contributed by atoms with Crippen LogP contribution in [0.4, 0.5) is 27.6 Å². The lowest BCUT2D eigenvalue weighted by atomic mass is 9.88. The largest absolute Gasteiger partial charge is 0.377 e. The van der Waals surface area contributed by atoms with Crippen LogP contribution in [-0.4, -0.2) is 6.04 Å². The summed E-state index contributed by atoms with van der Waals surface area (Å²) in [5.74, 6) is -9.74. The average Bonchev–Trinajstić information content (AvgIpc) is 2.28. The van der Waals surface area contributed by atoms with Crippen LogP contribution in [-0.2, 0) is 0 Å². The Labute approximate surface area is 102 Å². The van der Waals surface area contributed by atoms with Crippen LogP contribution < -0.4 is 5.32 Å². The first-order chi connectivity index (χ1) is 8.07. The highest BCUT2D eigenvalue weighted by Gasteiger charge is 2.28. The summed E-state index contributed by atoms with van der Waals surface area (Å²) in [5.41, 5.74) is -1.39. The van der Waals surface area contributed by atoms with Crippen LogP contribution >= 0.6 is 0 Å². The van der Waals surface area contributed by atoms with Crippen LogP contribution in [0.15, 0.2) is 0 Å². The van der Waals surface area contributed by atoms with Crippen molar-refractivity contribution in [3.63, 3.8) is 0 Å². The van der Waals surface area contributed by atoms with Crippen LogP contribution in [0.25, 0.3) is 0 Å². The quantitative estimate of drug-likeness (QED) is 0.480. The van der Waals surface area contributed by atoms with Gasteiger partial charge in [0.2, 0.25) is 5.82 Å². The van der Waals surface area contributed by atoms with Gasteiger partial charge in [0, 0.05) is 6.04 Å². The van der Waals surface area contributed by atoms with Crippen LogP contribution in [0.2, 0.25) is 0 Å². The summed E-state index contributed by atoms with van der Waals surface area (Å²) in [5, 5.41) is 2.33. The fourth-order valence-corrected chi connectivity index (χ4v) is 1.16. The molecule has 1 N–H and O–H groups in total. The minimum Gasteiger partial charge on any atom is -0.377 e. The molecule has 1 aromatic rings. The van der Waals surface area contributed by atoms with Crippen molar-refractivity contribution < 1.29 is 22.0 Å². The van der Waals surface area contributed by atoms with Gasteiger partial charge in [-0.3, -0.25) is 0 Å². The highest BCUT2D eigenvalue weighted by Crippen LogP contribution is 2.30. The fourth-order valence-electron chi connectivity index (χ4n) is 1.16. The number of anilines is 1. The van der Waals surface area contributed by atoms with Crippen LogP contribution in [0.3, 0.4) is 0 Å². The number of rotatable bonds is 2. The molecule has 0 spiro atoms. The lowest BCUT2D eigenvalue weighted by Gasteiger charge is -2.29. The Balaban J connectivity index is 3.26. The van der Waals surface area contributed by atoms with Gasteiger partial charge in [-0.1, -0.05) is 20.8 Å². The van der Waals surface area contributed by atoms with E-state index in [1.54, 1.807) is 27.7 Å². The Morgan fingerprint density at radius 3 is 1.44 bits per heavy atom. The number of nitrogens with one attached hydrogen (secondary N) is 1. The summed E-state index contributed by atoms with van der Waals surface area (Å²) in [6.45, 7) is 6.92. The number of benzene rings is 1. The van der Waals surface area contributed by atoms with Crippen molar-refractivity contribution in [2.75, 3.05) is 5.32 Å². The van der Waals surface area contributed by atoms with Crippen LogP contribution in [0.1, 0.15) is 27.7 Å².